The van der Waals surface area contributed by atoms with Crippen LogP contribution >= 0.6 is 0 Å². The number of benzene rings is 2. The van der Waals surface area contributed by atoms with Crippen LogP contribution in [0.2, 0.25) is 0 Å². The molecule has 1 aliphatic rings. The molecule has 1 aromatic heterocycles. The predicted octanol–water partition coefficient (Wildman–Crippen LogP) is 3.48. The van der Waals surface area contributed by atoms with E-state index in [0.29, 0.717) is 49.4 Å². The van der Waals surface area contributed by atoms with Crippen molar-refractivity contribution in [2.45, 2.75) is 12.7 Å². The summed E-state index contributed by atoms with van der Waals surface area (Å²) in [7, 11) is -3.66. The van der Waals surface area contributed by atoms with E-state index in [1.165, 1.54) is 18.5 Å². The summed E-state index contributed by atoms with van der Waals surface area (Å²) >= 11 is 0. The molecule has 1 aliphatic heterocycles. The molecule has 37 heavy (non-hydrogen) atoms. The number of halogens is 3. The average Bonchev–Trinajstić information content (AvgIpc) is 2.83. The molecule has 0 saturated carbocycles. The lowest BCUT2D eigenvalue weighted by Crippen LogP contribution is -2.46. The number of hydrogen-bond acceptors (Lipinski definition) is 7. The van der Waals surface area contributed by atoms with E-state index < -0.39 is 27.7 Å². The Kier molecular flexibility index (Phi) is 7.42. The van der Waals surface area contributed by atoms with Crippen molar-refractivity contribution in [3.8, 4) is 16.9 Å². The number of anilines is 1. The van der Waals surface area contributed by atoms with Gasteiger partial charge in [-0.15, -0.1) is 0 Å². The number of nitrogens with one attached hydrogen (secondary N) is 1. The van der Waals surface area contributed by atoms with Crippen molar-refractivity contribution in [3.05, 3.63) is 77.6 Å². The average molecular weight is 535 g/mol. The van der Waals surface area contributed by atoms with Crippen LogP contribution in [0.15, 0.2) is 60.9 Å². The van der Waals surface area contributed by atoms with Crippen LogP contribution in [0.1, 0.15) is 21.5 Å². The van der Waals surface area contributed by atoms with Crippen LogP contribution in [-0.4, -0.2) is 61.8 Å². The van der Waals surface area contributed by atoms with Gasteiger partial charge in [0.15, 0.2) is 0 Å². The number of amides is 1. The molecule has 0 aliphatic carbocycles. The number of hydrogen-bond donors (Lipinski definition) is 2. The van der Waals surface area contributed by atoms with E-state index in [4.69, 9.17) is 0 Å². The van der Waals surface area contributed by atoms with Crippen molar-refractivity contribution >= 4 is 21.6 Å². The highest BCUT2D eigenvalue weighted by Gasteiger charge is 2.31. The number of pyridine rings is 1. The van der Waals surface area contributed by atoms with Crippen molar-refractivity contribution in [2.24, 2.45) is 0 Å². The second-order valence-electron chi connectivity index (χ2n) is 8.86. The predicted molar refractivity (Wildman–Crippen MR) is 133 cm³/mol. The topological polar surface area (TPSA) is 103 Å². The maximum atomic E-state index is 13.6. The van der Waals surface area contributed by atoms with Crippen molar-refractivity contribution in [1.29, 1.82) is 0 Å². The Morgan fingerprint density at radius 2 is 1.68 bits per heavy atom. The molecule has 1 amide bonds. The standard InChI is InChI=1S/C25H25F3N4O4S/c1-37(35,36)30-24(34)18-2-4-22(5-3-18)32-8-6-31(7-9-32)16-17-10-19(12-21(11-17)25(26,27)28)20-13-23(33)15-29-14-20/h2-5,10-15,33H,6-9,16H2,1H3,(H,30,34). The highest BCUT2D eigenvalue weighted by atomic mass is 32.2. The normalized spacial score (nSPS) is 15.0. The van der Waals surface area contributed by atoms with E-state index in [2.05, 4.69) is 14.8 Å². The first-order chi connectivity index (χ1) is 17.4. The maximum Gasteiger partial charge on any atom is 0.416 e. The number of nitrogens with zero attached hydrogens (tertiary/aromatic N) is 3. The molecule has 2 N–H and O–H groups in total. The van der Waals surface area contributed by atoms with Crippen LogP contribution in [0.5, 0.6) is 5.75 Å². The molecule has 0 bridgehead atoms. The van der Waals surface area contributed by atoms with Gasteiger partial charge in [-0.1, -0.05) is 0 Å². The molecule has 0 spiro atoms. The zero-order chi connectivity index (χ0) is 26.8. The lowest BCUT2D eigenvalue weighted by molar-refractivity contribution is -0.137. The van der Waals surface area contributed by atoms with Gasteiger partial charge in [0.1, 0.15) is 5.75 Å². The van der Waals surface area contributed by atoms with Gasteiger partial charge in [0.25, 0.3) is 5.91 Å². The van der Waals surface area contributed by atoms with E-state index >= 15 is 0 Å². The smallest absolute Gasteiger partial charge is 0.416 e. The minimum absolute atomic E-state index is 0.128. The van der Waals surface area contributed by atoms with Crippen molar-refractivity contribution < 1.29 is 31.5 Å². The molecule has 8 nitrogen and oxygen atoms in total. The van der Waals surface area contributed by atoms with E-state index in [1.54, 1.807) is 30.3 Å². The second kappa shape index (κ2) is 10.4. The lowest BCUT2D eigenvalue weighted by Gasteiger charge is -2.36. The number of aromatic hydroxyl groups is 1. The molecule has 12 heteroatoms. The first-order valence-electron chi connectivity index (χ1n) is 11.3. The number of rotatable bonds is 6. The molecule has 4 rings (SSSR count). The minimum Gasteiger partial charge on any atom is -0.506 e. The van der Waals surface area contributed by atoms with E-state index in [-0.39, 0.29) is 11.3 Å². The minimum atomic E-state index is -4.52. The fraction of sp³-hybridized carbons (Fsp3) is 0.280. The van der Waals surface area contributed by atoms with Gasteiger partial charge in [0.2, 0.25) is 10.0 Å². The monoisotopic (exact) mass is 534 g/mol. The summed E-state index contributed by atoms with van der Waals surface area (Å²) < 4.78 is 65.2. The third-order valence-electron chi connectivity index (χ3n) is 5.93. The highest BCUT2D eigenvalue weighted by molar-refractivity contribution is 7.89. The molecule has 196 valence electrons. The van der Waals surface area contributed by atoms with Crippen LogP contribution in [-0.2, 0) is 22.7 Å². The number of carbonyl (C=O) groups is 1. The first-order valence-corrected chi connectivity index (χ1v) is 13.2. The number of carbonyl (C=O) groups excluding carboxylic acids is 1. The number of sulfonamides is 1. The summed E-state index contributed by atoms with van der Waals surface area (Å²) in [4.78, 5) is 20.0. The SMILES string of the molecule is CS(=O)(=O)NC(=O)c1ccc(N2CCN(Cc3cc(-c4cncc(O)c4)cc(C(F)(F)F)c3)CC2)cc1. The third-order valence-corrected chi connectivity index (χ3v) is 6.48. The van der Waals surface area contributed by atoms with Crippen LogP contribution < -0.4 is 9.62 Å². The molecule has 0 radical (unpaired) electrons. The number of alkyl halides is 3. The first kappa shape index (κ1) is 26.4. The lowest BCUT2D eigenvalue weighted by atomic mass is 10.00. The van der Waals surface area contributed by atoms with E-state index in [0.717, 1.165) is 24.1 Å². The summed E-state index contributed by atoms with van der Waals surface area (Å²) in [5.74, 6) is -0.836. The van der Waals surface area contributed by atoms with Gasteiger partial charge in [-0.25, -0.2) is 13.1 Å². The molecule has 1 fully saturated rings. The highest BCUT2D eigenvalue weighted by Crippen LogP contribution is 2.34. The summed E-state index contributed by atoms with van der Waals surface area (Å²) in [6.45, 7) is 2.78. The van der Waals surface area contributed by atoms with Crippen LogP contribution in [0.25, 0.3) is 11.1 Å². The third kappa shape index (κ3) is 6.98. The molecule has 3 aromatic rings. The van der Waals surface area contributed by atoms with Crippen LogP contribution in [0.3, 0.4) is 0 Å². The quantitative estimate of drug-likeness (QED) is 0.499. The van der Waals surface area contributed by atoms with Gasteiger partial charge in [-0.2, -0.15) is 13.2 Å². The fourth-order valence-electron chi connectivity index (χ4n) is 4.17. The van der Waals surface area contributed by atoms with Gasteiger partial charge in [-0.3, -0.25) is 14.7 Å². The van der Waals surface area contributed by atoms with Crippen molar-refractivity contribution in [2.75, 3.05) is 37.3 Å². The molecule has 2 aromatic carbocycles. The molecule has 0 unspecified atom stereocenters. The molecule has 0 atom stereocenters. The van der Waals surface area contributed by atoms with Crippen LogP contribution in [0.4, 0.5) is 18.9 Å². The molecule has 2 heterocycles. The molecular weight excluding hydrogens is 509 g/mol. The largest absolute Gasteiger partial charge is 0.506 e. The van der Waals surface area contributed by atoms with Crippen LogP contribution in [0, 0.1) is 0 Å². The van der Waals surface area contributed by atoms with Crippen molar-refractivity contribution in [3.63, 3.8) is 0 Å². The van der Waals surface area contributed by atoms with Gasteiger partial charge in [-0.05, 0) is 59.7 Å². The Hall–Kier alpha value is -3.64. The van der Waals surface area contributed by atoms with Gasteiger partial charge in [0, 0.05) is 55.7 Å². The second-order valence-corrected chi connectivity index (χ2v) is 10.6. The Morgan fingerprint density at radius 1 is 1.00 bits per heavy atom. The Labute approximate surface area is 212 Å². The van der Waals surface area contributed by atoms with E-state index in [9.17, 15) is 31.5 Å². The fourth-order valence-corrected chi connectivity index (χ4v) is 4.63. The van der Waals surface area contributed by atoms with E-state index in [1.807, 2.05) is 4.72 Å². The Morgan fingerprint density at radius 3 is 2.27 bits per heavy atom. The Balaban J connectivity index is 1.43. The summed E-state index contributed by atoms with van der Waals surface area (Å²) in [5, 5.41) is 9.70. The number of aromatic nitrogens is 1. The summed E-state index contributed by atoms with van der Waals surface area (Å²) in [5.41, 5.74) is 1.53. The summed E-state index contributed by atoms with van der Waals surface area (Å²) in [6.07, 6.45) is -0.982. The van der Waals surface area contributed by atoms with Crippen molar-refractivity contribution in [1.82, 2.24) is 14.6 Å². The summed E-state index contributed by atoms with van der Waals surface area (Å²) in [6, 6.07) is 11.8. The molecular formula is C25H25F3N4O4S. The Bertz CT molecular complexity index is 1390. The van der Waals surface area contributed by atoms with Gasteiger partial charge >= 0.3 is 6.18 Å². The maximum absolute atomic E-state index is 13.6. The zero-order valence-electron chi connectivity index (χ0n) is 19.9. The molecule has 1 saturated heterocycles. The van der Waals surface area contributed by atoms with Gasteiger partial charge in [0.05, 0.1) is 18.0 Å². The van der Waals surface area contributed by atoms with Gasteiger partial charge < -0.3 is 10.0 Å². The number of piperazine rings is 1. The zero-order valence-corrected chi connectivity index (χ0v) is 20.7.